The number of nitrogens with one attached hydrogen (secondary N) is 2. The zero-order chi connectivity index (χ0) is 20.6. The molecule has 0 aliphatic rings. The fourth-order valence-corrected chi connectivity index (χ4v) is 2.57. The minimum Gasteiger partial charge on any atom is -0.440 e. The molecule has 0 aliphatic heterocycles. The van der Waals surface area contributed by atoms with E-state index < -0.39 is 24.9 Å². The minimum absolute atomic E-state index is 0.0309. The molecule has 2 aromatic carbocycles. The van der Waals surface area contributed by atoms with Crippen molar-refractivity contribution in [1.29, 1.82) is 0 Å². The molecule has 0 bridgehead atoms. The van der Waals surface area contributed by atoms with Crippen molar-refractivity contribution in [3.8, 4) is 0 Å². The number of hydrogen-bond donors (Lipinski definition) is 2. The first kappa shape index (κ1) is 21.3. The van der Waals surface area contributed by atoms with Gasteiger partial charge in [0.1, 0.15) is 0 Å². The van der Waals surface area contributed by atoms with Crippen molar-refractivity contribution in [2.45, 2.75) is 25.6 Å². The lowest BCUT2D eigenvalue weighted by Gasteiger charge is -2.20. The molecule has 0 heterocycles. The fraction of sp³-hybridized carbons (Fsp3) is 0.300. The molecule has 0 aromatic heterocycles. The Hall–Kier alpha value is -3.03. The summed E-state index contributed by atoms with van der Waals surface area (Å²) in [5.41, 5.74) is 2.13. The third kappa shape index (κ3) is 7.30. The summed E-state index contributed by atoms with van der Waals surface area (Å²) in [6.07, 6.45) is -5.48. The Labute approximate surface area is 160 Å². The molecular weight excluding hydrogens is 373 g/mol. The second-order valence-corrected chi connectivity index (χ2v) is 6.25. The number of halogens is 3. The first-order chi connectivity index (χ1) is 13.2. The van der Waals surface area contributed by atoms with Crippen LogP contribution in [0.1, 0.15) is 21.5 Å². The molecule has 0 fully saturated rings. The van der Waals surface area contributed by atoms with Gasteiger partial charge in [0.25, 0.3) is 5.91 Å². The smallest absolute Gasteiger partial charge is 0.422 e. The number of alkyl halides is 3. The second kappa shape index (κ2) is 9.77. The van der Waals surface area contributed by atoms with Crippen LogP contribution in [0.25, 0.3) is 0 Å². The average Bonchev–Trinajstić information content (AvgIpc) is 2.65. The molecule has 28 heavy (non-hydrogen) atoms. The number of aryl methyl sites for hydroxylation is 1. The number of benzene rings is 2. The maximum absolute atomic E-state index is 12.4. The lowest BCUT2D eigenvalue weighted by atomic mass is 10.1. The summed E-state index contributed by atoms with van der Waals surface area (Å²) < 4.78 is 40.9. The number of hydrogen-bond acceptors (Lipinski definition) is 3. The first-order valence-corrected chi connectivity index (χ1v) is 8.62. The standard InChI is InChI=1S/C20H21F3N2O3/c1-14-7-5-6-10-17(14)18(26)24-12-16(11-15-8-3-2-4-9-15)25-19(27)28-13-20(21,22)23/h2-10,16H,11-13H2,1H3,(H,24,26)(H,25,27)/t16-/m0/s1. The van der Waals surface area contributed by atoms with Crippen molar-refractivity contribution in [2.75, 3.05) is 13.2 Å². The lowest BCUT2D eigenvalue weighted by Crippen LogP contribution is -2.45. The van der Waals surface area contributed by atoms with E-state index in [-0.39, 0.29) is 12.5 Å². The van der Waals surface area contributed by atoms with Crippen LogP contribution in [0.3, 0.4) is 0 Å². The number of ether oxygens (including phenoxy) is 1. The summed E-state index contributed by atoms with van der Waals surface area (Å²) in [7, 11) is 0. The van der Waals surface area contributed by atoms with Gasteiger partial charge in [-0.3, -0.25) is 4.79 Å². The number of carbonyl (C=O) groups excluding carboxylic acids is 2. The molecule has 0 spiro atoms. The molecular formula is C20H21F3N2O3. The minimum atomic E-state index is -4.61. The third-order valence-electron chi connectivity index (χ3n) is 3.91. The maximum Gasteiger partial charge on any atom is 0.422 e. The highest BCUT2D eigenvalue weighted by Crippen LogP contribution is 2.14. The number of rotatable bonds is 7. The summed E-state index contributed by atoms with van der Waals surface area (Å²) in [4.78, 5) is 24.1. The van der Waals surface area contributed by atoms with Crippen LogP contribution in [0.2, 0.25) is 0 Å². The monoisotopic (exact) mass is 394 g/mol. The van der Waals surface area contributed by atoms with Gasteiger partial charge in [0.05, 0.1) is 6.04 Å². The molecule has 2 N–H and O–H groups in total. The normalized spacial score (nSPS) is 12.1. The van der Waals surface area contributed by atoms with Gasteiger partial charge in [-0.15, -0.1) is 0 Å². The van der Waals surface area contributed by atoms with Crippen molar-refractivity contribution < 1.29 is 27.5 Å². The molecule has 1 atom stereocenters. The Balaban J connectivity index is 2.00. The number of amides is 2. The summed E-state index contributed by atoms with van der Waals surface area (Å²) >= 11 is 0. The van der Waals surface area contributed by atoms with Gasteiger partial charge < -0.3 is 15.4 Å². The summed E-state index contributed by atoms with van der Waals surface area (Å²) in [6, 6.07) is 15.4. The summed E-state index contributed by atoms with van der Waals surface area (Å²) in [5, 5.41) is 5.09. The zero-order valence-electron chi connectivity index (χ0n) is 15.3. The quantitative estimate of drug-likeness (QED) is 0.754. The van der Waals surface area contributed by atoms with E-state index in [9.17, 15) is 22.8 Å². The lowest BCUT2D eigenvalue weighted by molar-refractivity contribution is -0.160. The van der Waals surface area contributed by atoms with E-state index in [2.05, 4.69) is 15.4 Å². The Morgan fingerprint density at radius 3 is 2.32 bits per heavy atom. The van der Waals surface area contributed by atoms with Gasteiger partial charge >= 0.3 is 12.3 Å². The summed E-state index contributed by atoms with van der Waals surface area (Å²) in [6.45, 7) is 0.152. The van der Waals surface area contributed by atoms with Crippen LogP contribution in [-0.2, 0) is 11.2 Å². The molecule has 2 amide bonds. The molecule has 0 aliphatic carbocycles. The molecule has 0 saturated carbocycles. The molecule has 0 unspecified atom stereocenters. The van der Waals surface area contributed by atoms with Crippen LogP contribution in [0, 0.1) is 6.92 Å². The van der Waals surface area contributed by atoms with Crippen molar-refractivity contribution in [1.82, 2.24) is 10.6 Å². The molecule has 5 nitrogen and oxygen atoms in total. The molecule has 8 heteroatoms. The van der Waals surface area contributed by atoms with E-state index in [0.29, 0.717) is 12.0 Å². The van der Waals surface area contributed by atoms with E-state index in [1.807, 2.05) is 24.3 Å². The molecule has 0 saturated heterocycles. The second-order valence-electron chi connectivity index (χ2n) is 6.25. The van der Waals surface area contributed by atoms with Crippen LogP contribution < -0.4 is 10.6 Å². The van der Waals surface area contributed by atoms with E-state index >= 15 is 0 Å². The van der Waals surface area contributed by atoms with Crippen LogP contribution >= 0.6 is 0 Å². The average molecular weight is 394 g/mol. The van der Waals surface area contributed by atoms with Crippen molar-refractivity contribution >= 4 is 12.0 Å². The zero-order valence-corrected chi connectivity index (χ0v) is 15.3. The third-order valence-corrected chi connectivity index (χ3v) is 3.91. The van der Waals surface area contributed by atoms with Crippen molar-refractivity contribution in [2.24, 2.45) is 0 Å². The Morgan fingerprint density at radius 2 is 1.68 bits per heavy atom. The van der Waals surface area contributed by atoms with E-state index in [4.69, 9.17) is 0 Å². The highest BCUT2D eigenvalue weighted by molar-refractivity contribution is 5.95. The van der Waals surface area contributed by atoms with Gasteiger partial charge in [-0.25, -0.2) is 4.79 Å². The molecule has 2 aromatic rings. The topological polar surface area (TPSA) is 67.4 Å². The highest BCUT2D eigenvalue weighted by atomic mass is 19.4. The van der Waals surface area contributed by atoms with Gasteiger partial charge in [-0.2, -0.15) is 13.2 Å². The van der Waals surface area contributed by atoms with Crippen LogP contribution in [0.4, 0.5) is 18.0 Å². The highest BCUT2D eigenvalue weighted by Gasteiger charge is 2.30. The van der Waals surface area contributed by atoms with Crippen LogP contribution in [0.15, 0.2) is 54.6 Å². The van der Waals surface area contributed by atoms with Gasteiger partial charge in [-0.05, 0) is 30.5 Å². The Kier molecular flexibility index (Phi) is 7.43. The van der Waals surface area contributed by atoms with E-state index in [1.54, 1.807) is 37.3 Å². The maximum atomic E-state index is 12.4. The van der Waals surface area contributed by atoms with Gasteiger partial charge in [0, 0.05) is 12.1 Å². The molecule has 150 valence electrons. The van der Waals surface area contributed by atoms with Gasteiger partial charge in [-0.1, -0.05) is 48.5 Å². The van der Waals surface area contributed by atoms with Gasteiger partial charge in [0.15, 0.2) is 6.61 Å². The first-order valence-electron chi connectivity index (χ1n) is 8.62. The van der Waals surface area contributed by atoms with Crippen molar-refractivity contribution in [3.63, 3.8) is 0 Å². The van der Waals surface area contributed by atoms with E-state index in [0.717, 1.165) is 11.1 Å². The number of carbonyl (C=O) groups is 2. The number of alkyl carbamates (subject to hydrolysis) is 1. The molecule has 0 radical (unpaired) electrons. The Morgan fingerprint density at radius 1 is 1.04 bits per heavy atom. The SMILES string of the molecule is Cc1ccccc1C(=O)NC[C@H](Cc1ccccc1)NC(=O)OCC(F)(F)F. The largest absolute Gasteiger partial charge is 0.440 e. The van der Waals surface area contributed by atoms with E-state index in [1.165, 1.54) is 0 Å². The Bertz CT molecular complexity index is 795. The fourth-order valence-electron chi connectivity index (χ4n) is 2.57. The van der Waals surface area contributed by atoms with Gasteiger partial charge in [0.2, 0.25) is 0 Å². The summed E-state index contributed by atoms with van der Waals surface area (Å²) in [5.74, 6) is -0.332. The predicted molar refractivity (Wildman–Crippen MR) is 98.0 cm³/mol. The van der Waals surface area contributed by atoms with Crippen molar-refractivity contribution in [3.05, 3.63) is 71.3 Å². The molecule has 2 rings (SSSR count). The van der Waals surface area contributed by atoms with Crippen LogP contribution in [-0.4, -0.2) is 37.4 Å². The predicted octanol–water partition coefficient (Wildman–Crippen LogP) is 3.62. The van der Waals surface area contributed by atoms with Crippen LogP contribution in [0.5, 0.6) is 0 Å².